The number of fused-ring (bicyclic) bond motifs is 1. The highest BCUT2D eigenvalue weighted by Gasteiger charge is 2.24. The number of aromatic nitrogens is 1. The first-order valence-electron chi connectivity index (χ1n) is 9.60. The fraction of sp³-hybridized carbons (Fsp3) is 0.429. The van der Waals surface area contributed by atoms with Crippen LogP contribution in [0.3, 0.4) is 0 Å². The molecule has 1 unspecified atom stereocenters. The number of para-hydroxylation sites is 2. The maximum atomic E-state index is 12.1. The molecule has 1 N–H and O–H groups in total. The third kappa shape index (κ3) is 4.32. The lowest BCUT2D eigenvalue weighted by Gasteiger charge is -2.31. The van der Waals surface area contributed by atoms with Crippen molar-refractivity contribution in [3.63, 3.8) is 0 Å². The van der Waals surface area contributed by atoms with Gasteiger partial charge in [0, 0.05) is 19.5 Å². The van der Waals surface area contributed by atoms with Gasteiger partial charge in [-0.25, -0.2) is 0 Å². The largest absolute Gasteiger partial charge is 0.465 e. The number of anilines is 1. The van der Waals surface area contributed by atoms with Crippen molar-refractivity contribution in [3.05, 3.63) is 47.9 Å². The van der Waals surface area contributed by atoms with Gasteiger partial charge in [0.25, 0.3) is 6.01 Å². The van der Waals surface area contributed by atoms with Crippen LogP contribution < -0.4 is 10.2 Å². The molecule has 1 fully saturated rings. The van der Waals surface area contributed by atoms with Crippen LogP contribution in [0.25, 0.3) is 11.1 Å². The Balaban J connectivity index is 1.27. The number of piperidine rings is 1. The predicted molar refractivity (Wildman–Crippen MR) is 103 cm³/mol. The van der Waals surface area contributed by atoms with E-state index in [9.17, 15) is 4.79 Å². The summed E-state index contributed by atoms with van der Waals surface area (Å²) in [5, 5.41) is 2.94. The molecule has 27 heavy (non-hydrogen) atoms. The summed E-state index contributed by atoms with van der Waals surface area (Å²) in [5.41, 5.74) is 1.71. The van der Waals surface area contributed by atoms with Crippen LogP contribution >= 0.6 is 0 Å². The number of hydrogen-bond acceptors (Lipinski definition) is 5. The molecule has 0 bridgehead atoms. The molecule has 0 aliphatic carbocycles. The zero-order valence-electron chi connectivity index (χ0n) is 15.6. The van der Waals surface area contributed by atoms with Crippen molar-refractivity contribution in [2.75, 3.05) is 18.0 Å². The van der Waals surface area contributed by atoms with Crippen molar-refractivity contribution < 1.29 is 13.6 Å². The van der Waals surface area contributed by atoms with Gasteiger partial charge in [0.15, 0.2) is 5.58 Å². The quantitative estimate of drug-likeness (QED) is 0.712. The van der Waals surface area contributed by atoms with Gasteiger partial charge in [0.2, 0.25) is 5.91 Å². The van der Waals surface area contributed by atoms with E-state index in [1.54, 1.807) is 0 Å². The fourth-order valence-corrected chi connectivity index (χ4v) is 3.66. The topological polar surface area (TPSA) is 71.5 Å². The van der Waals surface area contributed by atoms with E-state index in [2.05, 4.69) is 15.2 Å². The third-order valence-electron chi connectivity index (χ3n) is 5.11. The van der Waals surface area contributed by atoms with Crippen LogP contribution in [0.5, 0.6) is 0 Å². The number of carbonyl (C=O) groups is 1. The highest BCUT2D eigenvalue weighted by Crippen LogP contribution is 2.28. The first kappa shape index (κ1) is 17.6. The molecule has 3 heterocycles. The monoisotopic (exact) mass is 367 g/mol. The van der Waals surface area contributed by atoms with Crippen LogP contribution in [-0.4, -0.2) is 24.0 Å². The maximum Gasteiger partial charge on any atom is 0.298 e. The van der Waals surface area contributed by atoms with Gasteiger partial charge < -0.3 is 19.1 Å². The summed E-state index contributed by atoms with van der Waals surface area (Å²) in [4.78, 5) is 18.9. The Kier molecular flexibility index (Phi) is 5.14. The van der Waals surface area contributed by atoms with E-state index < -0.39 is 0 Å². The molecule has 2 aromatic heterocycles. The van der Waals surface area contributed by atoms with E-state index >= 15 is 0 Å². The highest BCUT2D eigenvalue weighted by molar-refractivity contribution is 5.76. The second kappa shape index (κ2) is 7.86. The fourth-order valence-electron chi connectivity index (χ4n) is 3.66. The Labute approximate surface area is 158 Å². The van der Waals surface area contributed by atoms with Crippen LogP contribution in [0.2, 0.25) is 0 Å². The first-order chi connectivity index (χ1) is 13.2. The smallest absolute Gasteiger partial charge is 0.298 e. The summed E-state index contributed by atoms with van der Waals surface area (Å²) in [5.74, 6) is 2.20. The number of nitrogens with zero attached hydrogens (tertiary/aromatic N) is 2. The zero-order chi connectivity index (χ0) is 18.6. The molecular formula is C21H25N3O3. The number of amides is 1. The molecular weight excluding hydrogens is 342 g/mol. The maximum absolute atomic E-state index is 12.1. The predicted octanol–water partition coefficient (Wildman–Crippen LogP) is 4.04. The van der Waals surface area contributed by atoms with E-state index in [1.807, 2.05) is 43.3 Å². The molecule has 4 rings (SSSR count). The second-order valence-electron chi connectivity index (χ2n) is 7.25. The van der Waals surface area contributed by atoms with Crippen LogP contribution in [0.1, 0.15) is 37.2 Å². The SMILES string of the molecule is Cc1ccc(CNC(=O)CCC2CCCN(c3nc4ccccc4o3)C2)o1. The molecule has 3 aromatic rings. The van der Waals surface area contributed by atoms with E-state index in [0.29, 0.717) is 24.9 Å². The summed E-state index contributed by atoms with van der Waals surface area (Å²) in [6.07, 6.45) is 3.64. The number of hydrogen-bond donors (Lipinski definition) is 1. The summed E-state index contributed by atoms with van der Waals surface area (Å²) >= 11 is 0. The summed E-state index contributed by atoms with van der Waals surface area (Å²) < 4.78 is 11.4. The molecule has 1 saturated heterocycles. The number of rotatable bonds is 6. The minimum Gasteiger partial charge on any atom is -0.465 e. The van der Waals surface area contributed by atoms with E-state index in [4.69, 9.17) is 8.83 Å². The van der Waals surface area contributed by atoms with Crippen LogP contribution in [0, 0.1) is 12.8 Å². The number of furan rings is 1. The summed E-state index contributed by atoms with van der Waals surface area (Å²) in [6.45, 7) is 4.19. The van der Waals surface area contributed by atoms with Crippen molar-refractivity contribution in [2.45, 2.75) is 39.2 Å². The van der Waals surface area contributed by atoms with Gasteiger partial charge >= 0.3 is 0 Å². The molecule has 142 valence electrons. The number of oxazole rings is 1. The summed E-state index contributed by atoms with van der Waals surface area (Å²) in [6, 6.07) is 12.3. The highest BCUT2D eigenvalue weighted by atomic mass is 16.4. The molecule has 1 aromatic carbocycles. The second-order valence-corrected chi connectivity index (χ2v) is 7.25. The lowest BCUT2D eigenvalue weighted by molar-refractivity contribution is -0.121. The van der Waals surface area contributed by atoms with E-state index in [1.165, 1.54) is 0 Å². The molecule has 1 amide bonds. The Morgan fingerprint density at radius 2 is 2.15 bits per heavy atom. The van der Waals surface area contributed by atoms with Crippen molar-refractivity contribution in [2.24, 2.45) is 5.92 Å². The molecule has 0 radical (unpaired) electrons. The van der Waals surface area contributed by atoms with Crippen molar-refractivity contribution in [3.8, 4) is 0 Å². The summed E-state index contributed by atoms with van der Waals surface area (Å²) in [7, 11) is 0. The molecule has 0 spiro atoms. The Bertz CT molecular complexity index is 881. The normalized spacial score (nSPS) is 17.4. The number of nitrogens with one attached hydrogen (secondary N) is 1. The third-order valence-corrected chi connectivity index (χ3v) is 5.11. The number of aryl methyl sites for hydroxylation is 1. The lowest BCUT2D eigenvalue weighted by atomic mass is 9.93. The Morgan fingerprint density at radius 1 is 1.26 bits per heavy atom. The van der Waals surface area contributed by atoms with Crippen LogP contribution in [0.4, 0.5) is 6.01 Å². The molecule has 1 atom stereocenters. The van der Waals surface area contributed by atoms with Gasteiger partial charge in [-0.15, -0.1) is 0 Å². The number of carbonyl (C=O) groups excluding carboxylic acids is 1. The average Bonchev–Trinajstić information content (AvgIpc) is 3.31. The molecule has 1 aliphatic heterocycles. The minimum atomic E-state index is 0.0723. The minimum absolute atomic E-state index is 0.0723. The molecule has 0 saturated carbocycles. The van der Waals surface area contributed by atoms with E-state index in [0.717, 1.165) is 55.0 Å². The number of benzene rings is 1. The van der Waals surface area contributed by atoms with Gasteiger partial charge in [-0.2, -0.15) is 4.98 Å². The lowest BCUT2D eigenvalue weighted by Crippen LogP contribution is -2.36. The van der Waals surface area contributed by atoms with Gasteiger partial charge in [-0.1, -0.05) is 12.1 Å². The van der Waals surface area contributed by atoms with Crippen molar-refractivity contribution in [1.29, 1.82) is 0 Å². The van der Waals surface area contributed by atoms with Gasteiger partial charge in [0.05, 0.1) is 6.54 Å². The molecule has 1 aliphatic rings. The Morgan fingerprint density at radius 3 is 2.96 bits per heavy atom. The van der Waals surface area contributed by atoms with Gasteiger partial charge in [0.1, 0.15) is 17.0 Å². The van der Waals surface area contributed by atoms with Crippen LogP contribution in [-0.2, 0) is 11.3 Å². The zero-order valence-corrected chi connectivity index (χ0v) is 15.6. The van der Waals surface area contributed by atoms with Crippen molar-refractivity contribution in [1.82, 2.24) is 10.3 Å². The molecule has 6 nitrogen and oxygen atoms in total. The van der Waals surface area contributed by atoms with Crippen LogP contribution in [0.15, 0.2) is 45.2 Å². The standard InChI is InChI=1S/C21H25N3O3/c1-15-8-10-17(26-15)13-22-20(25)11-9-16-5-4-12-24(14-16)21-23-18-6-2-3-7-19(18)27-21/h2-3,6-8,10,16H,4-5,9,11-14H2,1H3,(H,22,25). The first-order valence-corrected chi connectivity index (χ1v) is 9.60. The average molecular weight is 367 g/mol. The van der Waals surface area contributed by atoms with E-state index in [-0.39, 0.29) is 5.91 Å². The van der Waals surface area contributed by atoms with Gasteiger partial charge in [-0.3, -0.25) is 4.79 Å². The molecule has 6 heteroatoms. The van der Waals surface area contributed by atoms with Gasteiger partial charge in [-0.05, 0) is 56.4 Å². The van der Waals surface area contributed by atoms with Crippen molar-refractivity contribution >= 4 is 23.0 Å². The Hall–Kier alpha value is -2.76.